The van der Waals surface area contributed by atoms with Gasteiger partial charge < -0.3 is 15.4 Å². The number of anilines is 2. The number of hydrogen-bond acceptors (Lipinski definition) is 7. The van der Waals surface area contributed by atoms with Crippen LogP contribution in [0.5, 0.6) is 5.75 Å². The van der Waals surface area contributed by atoms with E-state index in [4.69, 9.17) is 16.3 Å². The number of non-ortho nitro benzene ring substituents is 1. The van der Waals surface area contributed by atoms with Crippen LogP contribution in [0, 0.1) is 10.1 Å². The van der Waals surface area contributed by atoms with Crippen molar-refractivity contribution in [3.63, 3.8) is 0 Å². The third-order valence-electron chi connectivity index (χ3n) is 4.98. The lowest BCUT2D eigenvalue weighted by molar-refractivity contribution is -0.384. The first-order chi connectivity index (χ1) is 15.2. The van der Waals surface area contributed by atoms with E-state index in [0.29, 0.717) is 18.8 Å². The summed E-state index contributed by atoms with van der Waals surface area (Å²) in [6, 6.07) is 8.27. The monoisotopic (exact) mass is 482 g/mol. The maximum absolute atomic E-state index is 13.1. The van der Waals surface area contributed by atoms with Gasteiger partial charge in [0, 0.05) is 30.9 Å². The van der Waals surface area contributed by atoms with Crippen LogP contribution in [0.15, 0.2) is 41.3 Å². The molecule has 1 saturated heterocycles. The van der Waals surface area contributed by atoms with Crippen molar-refractivity contribution in [1.82, 2.24) is 4.31 Å². The largest absolute Gasteiger partial charge is 0.495 e. The molecule has 0 radical (unpaired) electrons. The number of benzene rings is 2. The van der Waals surface area contributed by atoms with Gasteiger partial charge in [-0.25, -0.2) is 8.42 Å². The van der Waals surface area contributed by atoms with Crippen LogP contribution in [0.2, 0.25) is 5.02 Å². The molecule has 1 aliphatic heterocycles. The fourth-order valence-corrected chi connectivity index (χ4v) is 5.20. The molecule has 0 aliphatic carbocycles. The Morgan fingerprint density at radius 3 is 2.56 bits per heavy atom. The van der Waals surface area contributed by atoms with Crippen LogP contribution in [0.25, 0.3) is 0 Å². The van der Waals surface area contributed by atoms with E-state index in [1.165, 1.54) is 35.7 Å². The average molecular weight is 483 g/mol. The number of methoxy groups -OCH3 is 1. The van der Waals surface area contributed by atoms with Crippen LogP contribution in [0.1, 0.15) is 19.3 Å². The van der Waals surface area contributed by atoms with Gasteiger partial charge in [0.25, 0.3) is 5.69 Å². The molecule has 10 nitrogen and oxygen atoms in total. The third kappa shape index (κ3) is 5.47. The molecule has 1 aliphatic rings. The zero-order valence-electron chi connectivity index (χ0n) is 17.3. The van der Waals surface area contributed by atoms with Crippen molar-refractivity contribution in [3.8, 4) is 5.75 Å². The van der Waals surface area contributed by atoms with E-state index in [-0.39, 0.29) is 33.6 Å². The number of carbonyl (C=O) groups is 1. The smallest absolute Gasteiger partial charge is 0.271 e. The summed E-state index contributed by atoms with van der Waals surface area (Å²) in [4.78, 5) is 22.7. The highest BCUT2D eigenvalue weighted by Crippen LogP contribution is 2.31. The van der Waals surface area contributed by atoms with E-state index < -0.39 is 20.9 Å². The van der Waals surface area contributed by atoms with Crippen LogP contribution in [-0.2, 0) is 14.8 Å². The molecule has 1 amide bonds. The van der Waals surface area contributed by atoms with Gasteiger partial charge in [-0.2, -0.15) is 4.31 Å². The van der Waals surface area contributed by atoms with Gasteiger partial charge in [-0.05, 0) is 37.1 Å². The Morgan fingerprint density at radius 1 is 1.19 bits per heavy atom. The Hall–Kier alpha value is -2.89. The SMILES string of the molecule is COc1ccc(NCC(=O)Nc2cc([N+](=O)[O-])ccc2Cl)cc1S(=O)(=O)N1CCCCC1. The Kier molecular flexibility index (Phi) is 7.54. The highest BCUT2D eigenvalue weighted by Gasteiger charge is 2.29. The van der Waals surface area contributed by atoms with Crippen molar-refractivity contribution in [2.75, 3.05) is 37.4 Å². The predicted molar refractivity (Wildman–Crippen MR) is 121 cm³/mol. The fourth-order valence-electron chi connectivity index (χ4n) is 3.33. The lowest BCUT2D eigenvalue weighted by Crippen LogP contribution is -2.35. The van der Waals surface area contributed by atoms with E-state index in [2.05, 4.69) is 10.6 Å². The van der Waals surface area contributed by atoms with Crippen molar-refractivity contribution in [2.45, 2.75) is 24.2 Å². The first-order valence-electron chi connectivity index (χ1n) is 9.88. The highest BCUT2D eigenvalue weighted by molar-refractivity contribution is 7.89. The first-order valence-corrected chi connectivity index (χ1v) is 11.7. The number of nitro groups is 1. The van der Waals surface area contributed by atoms with Gasteiger partial charge in [0.05, 0.1) is 29.3 Å². The van der Waals surface area contributed by atoms with E-state index in [9.17, 15) is 23.3 Å². The number of nitrogens with zero attached hydrogens (tertiary/aromatic N) is 2. The number of piperidine rings is 1. The minimum absolute atomic E-state index is 0.0223. The van der Waals surface area contributed by atoms with Crippen molar-refractivity contribution in [1.29, 1.82) is 0 Å². The molecule has 3 rings (SSSR count). The molecule has 0 atom stereocenters. The molecule has 0 saturated carbocycles. The van der Waals surface area contributed by atoms with Gasteiger partial charge in [0.2, 0.25) is 15.9 Å². The van der Waals surface area contributed by atoms with Crippen LogP contribution in [0.3, 0.4) is 0 Å². The van der Waals surface area contributed by atoms with E-state index in [1.807, 2.05) is 0 Å². The second kappa shape index (κ2) is 10.2. The molecular weight excluding hydrogens is 460 g/mol. The number of sulfonamides is 1. The van der Waals surface area contributed by atoms with Crippen molar-refractivity contribution >= 4 is 44.6 Å². The van der Waals surface area contributed by atoms with Crippen molar-refractivity contribution < 1.29 is 22.9 Å². The number of carbonyl (C=O) groups excluding carboxylic acids is 1. The zero-order valence-corrected chi connectivity index (χ0v) is 18.9. The molecule has 2 aromatic carbocycles. The molecule has 12 heteroatoms. The molecule has 0 aromatic heterocycles. The topological polar surface area (TPSA) is 131 Å². The first kappa shape index (κ1) is 23.8. The van der Waals surface area contributed by atoms with Crippen LogP contribution < -0.4 is 15.4 Å². The molecule has 1 heterocycles. The molecule has 0 unspecified atom stereocenters. The van der Waals surface area contributed by atoms with Gasteiger partial charge in [0.15, 0.2) is 0 Å². The second-order valence-electron chi connectivity index (χ2n) is 7.15. The maximum atomic E-state index is 13.1. The molecule has 1 fully saturated rings. The van der Waals surface area contributed by atoms with Crippen LogP contribution >= 0.6 is 11.6 Å². The summed E-state index contributed by atoms with van der Waals surface area (Å²) in [5.41, 5.74) is 0.304. The van der Waals surface area contributed by atoms with E-state index >= 15 is 0 Å². The summed E-state index contributed by atoms with van der Waals surface area (Å²) in [6.07, 6.45) is 2.61. The van der Waals surface area contributed by atoms with Gasteiger partial charge in [0.1, 0.15) is 10.6 Å². The van der Waals surface area contributed by atoms with Gasteiger partial charge in [-0.1, -0.05) is 18.0 Å². The number of halogens is 1. The lowest BCUT2D eigenvalue weighted by atomic mass is 10.2. The Balaban J connectivity index is 1.73. The number of hydrogen-bond donors (Lipinski definition) is 2. The molecule has 0 spiro atoms. The molecule has 2 aromatic rings. The normalized spacial score (nSPS) is 14.6. The summed E-state index contributed by atoms with van der Waals surface area (Å²) in [5, 5.41) is 16.4. The van der Waals surface area contributed by atoms with Gasteiger partial charge in [-0.15, -0.1) is 0 Å². The summed E-state index contributed by atoms with van der Waals surface area (Å²) < 4.78 is 32.9. The number of nitrogens with one attached hydrogen (secondary N) is 2. The summed E-state index contributed by atoms with van der Waals surface area (Å²) in [7, 11) is -2.35. The molecule has 172 valence electrons. The Labute approximate surface area is 190 Å². The van der Waals surface area contributed by atoms with Gasteiger partial charge in [-0.3, -0.25) is 14.9 Å². The van der Waals surface area contributed by atoms with E-state index in [0.717, 1.165) is 25.3 Å². The van der Waals surface area contributed by atoms with Crippen LogP contribution in [0.4, 0.5) is 17.1 Å². The number of amides is 1. The zero-order chi connectivity index (χ0) is 23.3. The number of ether oxygens (including phenoxy) is 1. The summed E-state index contributed by atoms with van der Waals surface area (Å²) >= 11 is 6.00. The third-order valence-corrected chi connectivity index (χ3v) is 7.23. The summed E-state index contributed by atoms with van der Waals surface area (Å²) in [5.74, 6) is -0.294. The molecule has 32 heavy (non-hydrogen) atoms. The maximum Gasteiger partial charge on any atom is 0.271 e. The lowest BCUT2D eigenvalue weighted by Gasteiger charge is -2.26. The predicted octanol–water partition coefficient (Wildman–Crippen LogP) is 3.48. The number of nitro benzene ring substituents is 1. The Bertz CT molecular complexity index is 1120. The highest BCUT2D eigenvalue weighted by atomic mass is 35.5. The molecular formula is C20H23ClN4O6S. The number of rotatable bonds is 8. The Morgan fingerprint density at radius 2 is 1.91 bits per heavy atom. The van der Waals surface area contributed by atoms with E-state index in [1.54, 1.807) is 6.07 Å². The molecule has 2 N–H and O–H groups in total. The summed E-state index contributed by atoms with van der Waals surface area (Å²) in [6.45, 7) is 0.694. The van der Waals surface area contributed by atoms with Crippen LogP contribution in [-0.4, -0.2) is 50.3 Å². The minimum Gasteiger partial charge on any atom is -0.495 e. The van der Waals surface area contributed by atoms with Crippen molar-refractivity contribution in [2.24, 2.45) is 0 Å². The minimum atomic E-state index is -3.75. The fraction of sp³-hybridized carbons (Fsp3) is 0.350. The standard InChI is InChI=1S/C20H23ClN4O6S/c1-31-18-8-5-14(11-19(18)32(29,30)24-9-3-2-4-10-24)22-13-20(26)23-17-12-15(25(27)28)6-7-16(17)21/h5-8,11-12,22H,2-4,9-10,13H2,1H3,(H,23,26). The second-order valence-corrected chi connectivity index (χ2v) is 9.47. The average Bonchev–Trinajstić information content (AvgIpc) is 2.79. The molecule has 0 bridgehead atoms. The quantitative estimate of drug-likeness (QED) is 0.435. The van der Waals surface area contributed by atoms with Crippen molar-refractivity contribution in [3.05, 3.63) is 51.5 Å². The van der Waals surface area contributed by atoms with Gasteiger partial charge >= 0.3 is 0 Å².